The molecule has 168 valence electrons. The van der Waals surface area contributed by atoms with Crippen LogP contribution in [-0.2, 0) is 29.0 Å². The van der Waals surface area contributed by atoms with Gasteiger partial charge in [-0.15, -0.1) is 0 Å². The van der Waals surface area contributed by atoms with Crippen LogP contribution in [0.4, 0.5) is 4.79 Å². The third kappa shape index (κ3) is 4.95. The summed E-state index contributed by atoms with van der Waals surface area (Å²) in [7, 11) is 0. The number of imide groups is 1. The van der Waals surface area contributed by atoms with Gasteiger partial charge in [0.05, 0.1) is 0 Å². The van der Waals surface area contributed by atoms with Crippen LogP contribution in [0.2, 0.25) is 0 Å². The van der Waals surface area contributed by atoms with Crippen LogP contribution in [0.25, 0.3) is 0 Å². The van der Waals surface area contributed by atoms with Crippen LogP contribution in [0.15, 0.2) is 84.9 Å². The van der Waals surface area contributed by atoms with E-state index in [0.717, 1.165) is 27.2 Å². The number of aryl methyl sites for hydroxylation is 1. The lowest BCUT2D eigenvalue weighted by atomic mass is 10.0. The highest BCUT2D eigenvalue weighted by Gasteiger charge is 2.49. The van der Waals surface area contributed by atoms with Crippen LogP contribution in [-0.4, -0.2) is 44.9 Å². The summed E-state index contributed by atoms with van der Waals surface area (Å²) in [6, 6.07) is 23.7. The molecule has 4 rings (SSSR count). The molecule has 3 aromatic rings. The van der Waals surface area contributed by atoms with Crippen molar-refractivity contribution in [3.8, 4) is 0 Å². The number of urea groups is 1. The molecule has 1 fully saturated rings. The molecule has 33 heavy (non-hydrogen) atoms. The molecular formula is C27H26N2O4. The molecule has 0 bridgehead atoms. The van der Waals surface area contributed by atoms with Crippen LogP contribution in [0.5, 0.6) is 0 Å². The summed E-state index contributed by atoms with van der Waals surface area (Å²) in [5.74, 6) is -1.67. The summed E-state index contributed by atoms with van der Waals surface area (Å²) in [5.41, 5.74) is 3.65. The molecule has 0 spiro atoms. The lowest BCUT2D eigenvalue weighted by Gasteiger charge is -2.23. The molecule has 1 aliphatic rings. The molecule has 1 heterocycles. The number of carbonyl (C=O) groups excluding carboxylic acids is 2. The Morgan fingerprint density at radius 3 is 2.00 bits per heavy atom. The summed E-state index contributed by atoms with van der Waals surface area (Å²) >= 11 is 0. The van der Waals surface area contributed by atoms with Crippen molar-refractivity contribution in [1.29, 1.82) is 0 Å². The zero-order chi connectivity index (χ0) is 23.4. The maximum absolute atomic E-state index is 13.5. The van der Waals surface area contributed by atoms with E-state index >= 15 is 0 Å². The number of rotatable bonds is 8. The Labute approximate surface area is 193 Å². The van der Waals surface area contributed by atoms with E-state index in [9.17, 15) is 19.5 Å². The number of nitrogens with zero attached hydrogens (tertiary/aromatic N) is 2. The van der Waals surface area contributed by atoms with E-state index in [4.69, 9.17) is 0 Å². The third-order valence-electron chi connectivity index (χ3n) is 5.96. The van der Waals surface area contributed by atoms with Gasteiger partial charge in [0, 0.05) is 19.4 Å². The fraction of sp³-hybridized carbons (Fsp3) is 0.222. The number of carboxylic acids is 1. The average molecular weight is 443 g/mol. The zero-order valence-electron chi connectivity index (χ0n) is 18.4. The van der Waals surface area contributed by atoms with Crippen molar-refractivity contribution in [1.82, 2.24) is 9.80 Å². The van der Waals surface area contributed by atoms with E-state index in [2.05, 4.69) is 0 Å². The maximum Gasteiger partial charge on any atom is 0.328 e. The van der Waals surface area contributed by atoms with E-state index in [1.165, 1.54) is 4.90 Å². The maximum atomic E-state index is 13.5. The molecular weight excluding hydrogens is 416 g/mol. The molecule has 2 unspecified atom stereocenters. The normalized spacial score (nSPS) is 16.8. The van der Waals surface area contributed by atoms with Gasteiger partial charge in [0.25, 0.3) is 5.91 Å². The second-order valence-corrected chi connectivity index (χ2v) is 8.35. The van der Waals surface area contributed by atoms with Crippen LogP contribution < -0.4 is 0 Å². The van der Waals surface area contributed by atoms with Crippen LogP contribution in [0.3, 0.4) is 0 Å². The van der Waals surface area contributed by atoms with Gasteiger partial charge < -0.3 is 10.0 Å². The Morgan fingerprint density at radius 1 is 0.848 bits per heavy atom. The van der Waals surface area contributed by atoms with E-state index < -0.39 is 30.0 Å². The molecule has 0 aromatic heterocycles. The van der Waals surface area contributed by atoms with E-state index in [1.54, 1.807) is 12.1 Å². The highest BCUT2D eigenvalue weighted by molar-refractivity contribution is 6.07. The smallest absolute Gasteiger partial charge is 0.328 e. The number of benzene rings is 3. The molecule has 1 saturated heterocycles. The van der Waals surface area contributed by atoms with Gasteiger partial charge in [-0.05, 0) is 23.6 Å². The lowest BCUT2D eigenvalue weighted by molar-refractivity contribution is -0.146. The molecule has 0 radical (unpaired) electrons. The second kappa shape index (κ2) is 9.69. The first kappa shape index (κ1) is 22.3. The highest BCUT2D eigenvalue weighted by Crippen LogP contribution is 2.27. The topological polar surface area (TPSA) is 77.9 Å². The van der Waals surface area contributed by atoms with Crippen molar-refractivity contribution < 1.29 is 19.5 Å². The monoisotopic (exact) mass is 442 g/mol. The van der Waals surface area contributed by atoms with Crippen molar-refractivity contribution in [3.63, 3.8) is 0 Å². The molecule has 2 atom stereocenters. The average Bonchev–Trinajstić information content (AvgIpc) is 3.04. The van der Waals surface area contributed by atoms with Gasteiger partial charge >= 0.3 is 12.0 Å². The highest BCUT2D eigenvalue weighted by atomic mass is 16.4. The van der Waals surface area contributed by atoms with Crippen molar-refractivity contribution in [2.75, 3.05) is 0 Å². The SMILES string of the molecule is Cc1ccc(CN2C(=O)N(C(Cc3ccccc3)C(=O)O)C(=O)C2Cc2ccccc2)cc1. The molecule has 6 nitrogen and oxygen atoms in total. The van der Waals surface area contributed by atoms with Gasteiger partial charge in [-0.25, -0.2) is 14.5 Å². The Balaban J connectivity index is 1.67. The zero-order valence-corrected chi connectivity index (χ0v) is 18.4. The van der Waals surface area contributed by atoms with Gasteiger partial charge in [0.1, 0.15) is 12.1 Å². The van der Waals surface area contributed by atoms with Crippen LogP contribution >= 0.6 is 0 Å². The number of amides is 3. The second-order valence-electron chi connectivity index (χ2n) is 8.35. The Morgan fingerprint density at radius 2 is 1.42 bits per heavy atom. The lowest BCUT2D eigenvalue weighted by Crippen LogP contribution is -2.47. The Hall–Kier alpha value is -3.93. The number of aliphatic carboxylic acids is 1. The first-order valence-electron chi connectivity index (χ1n) is 10.9. The van der Waals surface area contributed by atoms with Crippen molar-refractivity contribution in [2.24, 2.45) is 0 Å². The fourth-order valence-electron chi connectivity index (χ4n) is 4.18. The van der Waals surface area contributed by atoms with Gasteiger partial charge in [0.15, 0.2) is 0 Å². The van der Waals surface area contributed by atoms with E-state index in [-0.39, 0.29) is 13.0 Å². The van der Waals surface area contributed by atoms with Gasteiger partial charge in [-0.1, -0.05) is 90.5 Å². The minimum atomic E-state index is -1.27. The number of hydrogen-bond donors (Lipinski definition) is 1. The van der Waals surface area contributed by atoms with Crippen LogP contribution in [0.1, 0.15) is 22.3 Å². The minimum Gasteiger partial charge on any atom is -0.480 e. The first-order valence-corrected chi connectivity index (χ1v) is 10.9. The Bertz CT molecular complexity index is 1130. The first-order chi connectivity index (χ1) is 15.9. The minimum absolute atomic E-state index is 0.0596. The molecule has 3 amide bonds. The van der Waals surface area contributed by atoms with Gasteiger partial charge in [-0.2, -0.15) is 0 Å². The number of hydrogen-bond acceptors (Lipinski definition) is 3. The van der Waals surface area contributed by atoms with Crippen molar-refractivity contribution in [3.05, 3.63) is 107 Å². The third-order valence-corrected chi connectivity index (χ3v) is 5.96. The van der Waals surface area contributed by atoms with Crippen LogP contribution in [0, 0.1) is 6.92 Å². The van der Waals surface area contributed by atoms with Crippen molar-refractivity contribution >= 4 is 17.9 Å². The molecule has 0 aliphatic carbocycles. The number of carboxylic acid groups (broad SMARTS) is 1. The van der Waals surface area contributed by atoms with Gasteiger partial charge in [-0.3, -0.25) is 4.79 Å². The molecule has 1 aliphatic heterocycles. The summed E-state index contributed by atoms with van der Waals surface area (Å²) in [6.07, 6.45) is 0.384. The predicted molar refractivity (Wildman–Crippen MR) is 124 cm³/mol. The van der Waals surface area contributed by atoms with Crippen molar-refractivity contribution in [2.45, 2.75) is 38.4 Å². The quantitative estimate of drug-likeness (QED) is 0.534. The Kier molecular flexibility index (Phi) is 6.54. The van der Waals surface area contributed by atoms with Gasteiger partial charge in [0.2, 0.25) is 0 Å². The fourth-order valence-corrected chi connectivity index (χ4v) is 4.18. The summed E-state index contributed by atoms with van der Waals surface area (Å²) in [6.45, 7) is 2.21. The predicted octanol–water partition coefficient (Wildman–Crippen LogP) is 4.07. The molecule has 0 saturated carbocycles. The molecule has 3 aromatic carbocycles. The summed E-state index contributed by atoms with van der Waals surface area (Å²) < 4.78 is 0. The van der Waals surface area contributed by atoms with E-state index in [0.29, 0.717) is 6.42 Å². The summed E-state index contributed by atoms with van der Waals surface area (Å²) in [5, 5.41) is 9.95. The number of carbonyl (C=O) groups is 3. The summed E-state index contributed by atoms with van der Waals surface area (Å²) in [4.78, 5) is 41.6. The molecule has 6 heteroatoms. The van der Waals surface area contributed by atoms with E-state index in [1.807, 2.05) is 79.7 Å². The largest absolute Gasteiger partial charge is 0.480 e. The standard InChI is InChI=1S/C27H26N2O4/c1-19-12-14-22(15-13-19)18-28-23(16-20-8-4-2-5-9-20)25(30)29(27(28)33)24(26(31)32)17-21-10-6-3-7-11-21/h2-15,23-24H,16-18H2,1H3,(H,31,32). The molecule has 1 N–H and O–H groups in total.